The van der Waals surface area contributed by atoms with Crippen molar-refractivity contribution in [2.24, 2.45) is 5.73 Å². The monoisotopic (exact) mass is 407 g/mol. The molecule has 0 spiro atoms. The molecule has 3 N–H and O–H groups in total. The lowest BCUT2D eigenvalue weighted by Crippen LogP contribution is -2.46. The normalized spacial score (nSPS) is 20.1. The van der Waals surface area contributed by atoms with Crippen LogP contribution in [0.2, 0.25) is 0 Å². The Kier molecular flexibility index (Phi) is 6.10. The molecule has 2 amide bonds. The molecular formula is C18H21N3O6S. The number of carboxylic acids is 1. The van der Waals surface area contributed by atoms with Crippen molar-refractivity contribution in [2.75, 3.05) is 31.1 Å². The average Bonchev–Trinajstić information content (AvgIpc) is 3.08. The number of hydrogen-bond acceptors (Lipinski definition) is 6. The molecule has 0 radical (unpaired) electrons. The summed E-state index contributed by atoms with van der Waals surface area (Å²) in [6, 6.07) is 6.83. The van der Waals surface area contributed by atoms with Crippen LogP contribution < -0.4 is 10.6 Å². The highest BCUT2D eigenvalue weighted by Gasteiger charge is 2.40. The number of carbonyl (C=O) groups is 3. The quantitative estimate of drug-likeness (QED) is 0.662. The van der Waals surface area contributed by atoms with E-state index in [1.807, 2.05) is 0 Å². The predicted octanol–water partition coefficient (Wildman–Crippen LogP) is 0.738. The van der Waals surface area contributed by atoms with Crippen molar-refractivity contribution in [3.05, 3.63) is 29.8 Å². The predicted molar refractivity (Wildman–Crippen MR) is 103 cm³/mol. The molecule has 2 heterocycles. The summed E-state index contributed by atoms with van der Waals surface area (Å²) in [7, 11) is 0. The zero-order valence-electron chi connectivity index (χ0n) is 15.1. The number of anilines is 1. The Hall–Kier alpha value is -2.72. The van der Waals surface area contributed by atoms with Crippen molar-refractivity contribution in [2.45, 2.75) is 25.0 Å². The third-order valence-corrected chi connectivity index (χ3v) is 4.98. The van der Waals surface area contributed by atoms with Crippen LogP contribution in [0.5, 0.6) is 0 Å². The number of aliphatic carboxylic acids is 1. The van der Waals surface area contributed by atoms with E-state index in [9.17, 15) is 14.4 Å². The Balaban J connectivity index is 1.55. The maximum Gasteiger partial charge on any atom is 0.415 e. The molecule has 0 bridgehead atoms. The number of ether oxygens (including phenoxy) is 2. The number of amides is 2. The number of nitrogens with zero attached hydrogens (tertiary/aromatic N) is 2. The Morgan fingerprint density at radius 3 is 2.46 bits per heavy atom. The molecule has 0 aromatic heterocycles. The van der Waals surface area contributed by atoms with E-state index in [-0.39, 0.29) is 30.2 Å². The average molecular weight is 407 g/mol. The van der Waals surface area contributed by atoms with Crippen molar-refractivity contribution >= 4 is 40.9 Å². The molecule has 1 unspecified atom stereocenters. The Bertz CT molecular complexity index is 776. The minimum absolute atomic E-state index is 0.125. The highest BCUT2D eigenvalue weighted by molar-refractivity contribution is 7.80. The molecule has 2 aliphatic heterocycles. The zero-order chi connectivity index (χ0) is 20.3. The van der Waals surface area contributed by atoms with Crippen LogP contribution in [0.4, 0.5) is 10.5 Å². The van der Waals surface area contributed by atoms with Crippen LogP contribution in [-0.2, 0) is 19.1 Å². The van der Waals surface area contributed by atoms with Crippen LogP contribution in [0.25, 0.3) is 0 Å². The lowest BCUT2D eigenvalue weighted by Gasteiger charge is -2.32. The van der Waals surface area contributed by atoms with Crippen molar-refractivity contribution in [1.29, 1.82) is 0 Å². The number of likely N-dealkylation sites (tertiary alicyclic amines) is 1. The number of carboxylic acid groups (broad SMARTS) is 1. The fourth-order valence-electron chi connectivity index (χ4n) is 3.24. The molecule has 2 aliphatic rings. The highest BCUT2D eigenvalue weighted by atomic mass is 32.1. The second-order valence-electron chi connectivity index (χ2n) is 6.62. The number of thiocarbonyl (C=S) groups is 1. The summed E-state index contributed by atoms with van der Waals surface area (Å²) >= 11 is 4.91. The van der Waals surface area contributed by atoms with Crippen LogP contribution in [0.15, 0.2) is 24.3 Å². The van der Waals surface area contributed by atoms with Crippen LogP contribution >= 0.6 is 12.2 Å². The first kappa shape index (κ1) is 20.0. The highest BCUT2D eigenvalue weighted by Crippen LogP contribution is 2.24. The first-order valence-corrected chi connectivity index (χ1v) is 9.26. The number of benzene rings is 1. The Morgan fingerprint density at radius 1 is 1.25 bits per heavy atom. The molecule has 150 valence electrons. The fraction of sp³-hybridized carbons (Fsp3) is 0.444. The lowest BCUT2D eigenvalue weighted by atomic mass is 10.1. The van der Waals surface area contributed by atoms with Crippen LogP contribution in [0.3, 0.4) is 0 Å². The van der Waals surface area contributed by atoms with E-state index >= 15 is 0 Å². The molecular weight excluding hydrogens is 386 g/mol. The number of hydrogen-bond donors (Lipinski definition) is 2. The standard InChI is InChI=1S/C18H21N3O6S/c19-16(28)11-1-3-12(4-2-11)21-9-14(27-18(21)25)17(24)20-7-5-13(6-8-20)26-10-15(22)23/h1-4,13-14H,5-10H2,(H2,19,28)(H,22,23). The van der Waals surface area contributed by atoms with Gasteiger partial charge >= 0.3 is 12.1 Å². The second-order valence-corrected chi connectivity index (χ2v) is 7.06. The van der Waals surface area contributed by atoms with Crippen LogP contribution in [-0.4, -0.2) is 71.4 Å². The molecule has 1 aromatic carbocycles. The van der Waals surface area contributed by atoms with Crippen molar-refractivity contribution in [3.8, 4) is 0 Å². The Labute approximate surface area is 167 Å². The third-order valence-electron chi connectivity index (χ3n) is 4.75. The van der Waals surface area contributed by atoms with Gasteiger partial charge in [0.2, 0.25) is 0 Å². The van der Waals surface area contributed by atoms with E-state index in [0.717, 1.165) is 0 Å². The summed E-state index contributed by atoms with van der Waals surface area (Å²) in [5.74, 6) is -1.27. The molecule has 2 saturated heterocycles. The molecule has 2 fully saturated rings. The van der Waals surface area contributed by atoms with Gasteiger partial charge in [0.25, 0.3) is 5.91 Å². The molecule has 3 rings (SSSR count). The van der Waals surface area contributed by atoms with Gasteiger partial charge in [0.05, 0.1) is 12.6 Å². The number of nitrogens with two attached hydrogens (primary N) is 1. The first-order valence-electron chi connectivity index (χ1n) is 8.85. The van der Waals surface area contributed by atoms with E-state index in [0.29, 0.717) is 37.2 Å². The summed E-state index contributed by atoms with van der Waals surface area (Å²) in [6.07, 6.45) is -0.552. The molecule has 28 heavy (non-hydrogen) atoms. The van der Waals surface area contributed by atoms with Gasteiger partial charge in [0.15, 0.2) is 6.10 Å². The molecule has 9 nitrogen and oxygen atoms in total. The van der Waals surface area contributed by atoms with Gasteiger partial charge in [0, 0.05) is 24.3 Å². The summed E-state index contributed by atoms with van der Waals surface area (Å²) in [5.41, 5.74) is 6.86. The molecule has 0 saturated carbocycles. The maximum absolute atomic E-state index is 12.7. The Morgan fingerprint density at radius 2 is 1.89 bits per heavy atom. The molecule has 1 aromatic rings. The maximum atomic E-state index is 12.7. The van der Waals surface area contributed by atoms with Gasteiger partial charge < -0.3 is 25.2 Å². The minimum Gasteiger partial charge on any atom is -0.480 e. The van der Waals surface area contributed by atoms with E-state index in [2.05, 4.69) is 0 Å². The van der Waals surface area contributed by atoms with Crippen molar-refractivity contribution in [1.82, 2.24) is 4.90 Å². The molecule has 10 heteroatoms. The summed E-state index contributed by atoms with van der Waals surface area (Å²) in [5, 5.41) is 8.66. The number of rotatable bonds is 6. The van der Waals surface area contributed by atoms with Crippen molar-refractivity contribution < 1.29 is 29.0 Å². The van der Waals surface area contributed by atoms with Gasteiger partial charge in [-0.15, -0.1) is 0 Å². The second kappa shape index (κ2) is 8.53. The van der Waals surface area contributed by atoms with Crippen molar-refractivity contribution in [3.63, 3.8) is 0 Å². The fourth-order valence-corrected chi connectivity index (χ4v) is 3.38. The lowest BCUT2D eigenvalue weighted by molar-refractivity contribution is -0.148. The first-order chi connectivity index (χ1) is 13.3. The third kappa shape index (κ3) is 4.57. The van der Waals surface area contributed by atoms with Crippen LogP contribution in [0.1, 0.15) is 18.4 Å². The van der Waals surface area contributed by atoms with E-state index < -0.39 is 18.2 Å². The smallest absolute Gasteiger partial charge is 0.415 e. The summed E-state index contributed by atoms with van der Waals surface area (Å²) < 4.78 is 10.5. The summed E-state index contributed by atoms with van der Waals surface area (Å²) in [6.45, 7) is 0.640. The van der Waals surface area contributed by atoms with E-state index in [4.69, 9.17) is 32.5 Å². The minimum atomic E-state index is -1.02. The van der Waals surface area contributed by atoms with Gasteiger partial charge in [-0.25, -0.2) is 9.59 Å². The van der Waals surface area contributed by atoms with Gasteiger partial charge in [-0.1, -0.05) is 12.2 Å². The van der Waals surface area contributed by atoms with E-state index in [1.54, 1.807) is 29.2 Å². The largest absolute Gasteiger partial charge is 0.480 e. The topological polar surface area (TPSA) is 122 Å². The van der Waals surface area contributed by atoms with Gasteiger partial charge in [-0.2, -0.15) is 0 Å². The number of cyclic esters (lactones) is 1. The van der Waals surface area contributed by atoms with Gasteiger partial charge in [-0.05, 0) is 37.1 Å². The SMILES string of the molecule is NC(=S)c1ccc(N2CC(C(=O)N3CCC(OCC(=O)O)CC3)OC2=O)cc1. The number of carbonyl (C=O) groups excluding carboxylic acids is 2. The summed E-state index contributed by atoms with van der Waals surface area (Å²) in [4.78, 5) is 38.7. The number of piperidine rings is 1. The molecule has 0 aliphatic carbocycles. The van der Waals surface area contributed by atoms with Gasteiger partial charge in [-0.3, -0.25) is 9.69 Å². The zero-order valence-corrected chi connectivity index (χ0v) is 15.9. The van der Waals surface area contributed by atoms with Crippen LogP contribution in [0, 0.1) is 0 Å². The molecule has 1 atom stereocenters. The van der Waals surface area contributed by atoms with E-state index in [1.165, 1.54) is 4.90 Å². The van der Waals surface area contributed by atoms with Gasteiger partial charge in [0.1, 0.15) is 11.6 Å².